The maximum atomic E-state index is 6.26. The average Bonchev–Trinajstić information content (AvgIpc) is 2.38. The smallest absolute Gasteiger partial charge is 0.126 e. The van der Waals surface area contributed by atoms with Crippen LogP contribution in [0.2, 0.25) is 0 Å². The summed E-state index contributed by atoms with van der Waals surface area (Å²) in [6.45, 7) is 15.0. The van der Waals surface area contributed by atoms with Crippen molar-refractivity contribution in [2.75, 3.05) is 0 Å². The highest BCUT2D eigenvalue weighted by atomic mass is 16.5. The Bertz CT molecular complexity index is 420. The molecule has 1 heterocycles. The second kappa shape index (κ2) is 5.77. The molecule has 1 nitrogen and oxygen atoms in total. The Labute approximate surface area is 113 Å². The molecular weight excluding hydrogens is 220 g/mol. The van der Waals surface area contributed by atoms with Gasteiger partial charge in [-0.1, -0.05) is 26.8 Å². The number of ether oxygens (including phenoxy) is 1. The molecule has 0 bridgehead atoms. The minimum absolute atomic E-state index is 0.0397. The highest BCUT2D eigenvalue weighted by Crippen LogP contribution is 2.39. The number of rotatable bonds is 1. The SMILES string of the molecule is CC.CCC1(C)CCc2c(C)cc(C)c(C)c2O1. The van der Waals surface area contributed by atoms with Crippen molar-refractivity contribution < 1.29 is 4.74 Å². The zero-order chi connectivity index (χ0) is 13.9. The van der Waals surface area contributed by atoms with E-state index in [1.807, 2.05) is 13.8 Å². The lowest BCUT2D eigenvalue weighted by atomic mass is 9.86. The van der Waals surface area contributed by atoms with Crippen LogP contribution in [0.5, 0.6) is 5.75 Å². The summed E-state index contributed by atoms with van der Waals surface area (Å²) in [5, 5.41) is 0. The van der Waals surface area contributed by atoms with Crippen molar-refractivity contribution in [3.05, 3.63) is 28.3 Å². The first-order chi connectivity index (χ1) is 8.47. The molecule has 0 amide bonds. The summed E-state index contributed by atoms with van der Waals surface area (Å²) in [5.74, 6) is 1.16. The maximum absolute atomic E-state index is 6.26. The normalized spacial score (nSPS) is 21.5. The summed E-state index contributed by atoms with van der Waals surface area (Å²) in [5.41, 5.74) is 5.51. The van der Waals surface area contributed by atoms with Gasteiger partial charge in [0.2, 0.25) is 0 Å². The van der Waals surface area contributed by atoms with Gasteiger partial charge in [0.25, 0.3) is 0 Å². The first-order valence-electron chi connectivity index (χ1n) is 7.25. The van der Waals surface area contributed by atoms with Crippen LogP contribution in [0.1, 0.15) is 62.8 Å². The lowest BCUT2D eigenvalue weighted by Crippen LogP contribution is -2.36. The molecule has 1 atom stereocenters. The van der Waals surface area contributed by atoms with Crippen molar-refractivity contribution >= 4 is 0 Å². The summed E-state index contributed by atoms with van der Waals surface area (Å²) in [6.07, 6.45) is 3.38. The van der Waals surface area contributed by atoms with E-state index in [1.165, 1.54) is 22.3 Å². The Morgan fingerprint density at radius 3 is 2.33 bits per heavy atom. The lowest BCUT2D eigenvalue weighted by molar-refractivity contribution is 0.0600. The highest BCUT2D eigenvalue weighted by molar-refractivity contribution is 5.51. The van der Waals surface area contributed by atoms with Crippen molar-refractivity contribution in [3.63, 3.8) is 0 Å². The minimum atomic E-state index is 0.0397. The molecule has 0 radical (unpaired) electrons. The fourth-order valence-corrected chi connectivity index (χ4v) is 2.49. The first kappa shape index (κ1) is 15.1. The van der Waals surface area contributed by atoms with E-state index < -0.39 is 0 Å². The summed E-state index contributed by atoms with van der Waals surface area (Å²) in [6, 6.07) is 2.28. The second-order valence-corrected chi connectivity index (χ2v) is 5.35. The van der Waals surface area contributed by atoms with Gasteiger partial charge in [-0.3, -0.25) is 0 Å². The first-order valence-corrected chi connectivity index (χ1v) is 7.25. The number of benzene rings is 1. The highest BCUT2D eigenvalue weighted by Gasteiger charge is 2.31. The molecule has 1 aliphatic rings. The monoisotopic (exact) mass is 248 g/mol. The van der Waals surface area contributed by atoms with E-state index in [9.17, 15) is 0 Å². The predicted molar refractivity (Wildman–Crippen MR) is 79.6 cm³/mol. The Kier molecular flexibility index (Phi) is 4.84. The van der Waals surface area contributed by atoms with E-state index in [-0.39, 0.29) is 5.60 Å². The molecule has 1 heteroatoms. The van der Waals surface area contributed by atoms with Gasteiger partial charge in [0.05, 0.1) is 0 Å². The molecule has 2 rings (SSSR count). The summed E-state index contributed by atoms with van der Waals surface area (Å²) >= 11 is 0. The van der Waals surface area contributed by atoms with Crippen LogP contribution in [0.4, 0.5) is 0 Å². The van der Waals surface area contributed by atoms with E-state index in [1.54, 1.807) is 0 Å². The van der Waals surface area contributed by atoms with Crippen LogP contribution in [0, 0.1) is 20.8 Å². The zero-order valence-corrected chi connectivity index (χ0v) is 13.1. The predicted octanol–water partition coefficient (Wildman–Crippen LogP) is 5.13. The van der Waals surface area contributed by atoms with E-state index in [0.29, 0.717) is 0 Å². The van der Waals surface area contributed by atoms with Gasteiger partial charge in [0, 0.05) is 0 Å². The molecule has 1 aliphatic heterocycles. The standard InChI is InChI=1S/C15H22O.C2H6/c1-6-15(5)8-7-13-11(3)9-10(2)12(4)14(13)16-15;1-2/h9H,6-8H2,1-5H3;1-2H3. The van der Waals surface area contributed by atoms with E-state index in [0.717, 1.165) is 25.0 Å². The van der Waals surface area contributed by atoms with Crippen LogP contribution in [0.15, 0.2) is 6.07 Å². The molecule has 0 N–H and O–H groups in total. The Morgan fingerprint density at radius 2 is 1.78 bits per heavy atom. The van der Waals surface area contributed by atoms with E-state index >= 15 is 0 Å². The van der Waals surface area contributed by atoms with Crippen molar-refractivity contribution in [3.8, 4) is 5.75 Å². The van der Waals surface area contributed by atoms with Crippen LogP contribution in [-0.2, 0) is 6.42 Å². The van der Waals surface area contributed by atoms with Crippen LogP contribution in [0.25, 0.3) is 0 Å². The third-order valence-corrected chi connectivity index (χ3v) is 4.12. The second-order valence-electron chi connectivity index (χ2n) is 5.35. The van der Waals surface area contributed by atoms with E-state index in [4.69, 9.17) is 4.74 Å². The van der Waals surface area contributed by atoms with Crippen molar-refractivity contribution in [2.24, 2.45) is 0 Å². The third-order valence-electron chi connectivity index (χ3n) is 4.12. The fourth-order valence-electron chi connectivity index (χ4n) is 2.49. The molecule has 18 heavy (non-hydrogen) atoms. The van der Waals surface area contributed by atoms with Crippen molar-refractivity contribution in [1.29, 1.82) is 0 Å². The quantitative estimate of drug-likeness (QED) is 0.669. The van der Waals surface area contributed by atoms with Gasteiger partial charge in [-0.25, -0.2) is 0 Å². The molecule has 0 saturated heterocycles. The van der Waals surface area contributed by atoms with Crippen molar-refractivity contribution in [1.82, 2.24) is 0 Å². The Morgan fingerprint density at radius 1 is 1.17 bits per heavy atom. The molecule has 0 spiro atoms. The number of hydrogen-bond donors (Lipinski definition) is 0. The van der Waals surface area contributed by atoms with Crippen LogP contribution >= 0.6 is 0 Å². The average molecular weight is 248 g/mol. The van der Waals surface area contributed by atoms with Gasteiger partial charge in [-0.15, -0.1) is 0 Å². The Hall–Kier alpha value is -0.980. The van der Waals surface area contributed by atoms with Crippen LogP contribution in [-0.4, -0.2) is 5.60 Å². The molecule has 0 aromatic heterocycles. The molecule has 0 saturated carbocycles. The number of aryl methyl sites for hydroxylation is 2. The van der Waals surface area contributed by atoms with Gasteiger partial charge in [-0.05, 0) is 69.2 Å². The topological polar surface area (TPSA) is 9.23 Å². The summed E-state index contributed by atoms with van der Waals surface area (Å²) in [4.78, 5) is 0. The Balaban J connectivity index is 0.000000771. The van der Waals surface area contributed by atoms with Gasteiger partial charge in [-0.2, -0.15) is 0 Å². The van der Waals surface area contributed by atoms with Gasteiger partial charge < -0.3 is 4.74 Å². The van der Waals surface area contributed by atoms with Gasteiger partial charge in [0.1, 0.15) is 11.4 Å². The maximum Gasteiger partial charge on any atom is 0.126 e. The molecule has 102 valence electrons. The largest absolute Gasteiger partial charge is 0.487 e. The molecule has 1 aromatic rings. The lowest BCUT2D eigenvalue weighted by Gasteiger charge is -2.37. The van der Waals surface area contributed by atoms with E-state index in [2.05, 4.69) is 40.7 Å². The molecular formula is C17H28O. The van der Waals surface area contributed by atoms with Crippen LogP contribution in [0.3, 0.4) is 0 Å². The van der Waals surface area contributed by atoms with Gasteiger partial charge in [0.15, 0.2) is 0 Å². The number of hydrogen-bond acceptors (Lipinski definition) is 1. The fraction of sp³-hybridized carbons (Fsp3) is 0.647. The van der Waals surface area contributed by atoms with Crippen molar-refractivity contribution in [2.45, 2.75) is 73.3 Å². The van der Waals surface area contributed by atoms with Gasteiger partial charge >= 0.3 is 0 Å². The summed E-state index contributed by atoms with van der Waals surface area (Å²) in [7, 11) is 0. The van der Waals surface area contributed by atoms with Crippen LogP contribution < -0.4 is 4.74 Å². The summed E-state index contributed by atoms with van der Waals surface area (Å²) < 4.78 is 6.26. The molecule has 1 aromatic carbocycles. The molecule has 0 fully saturated rings. The third kappa shape index (κ3) is 2.71. The number of fused-ring (bicyclic) bond motifs is 1. The molecule has 1 unspecified atom stereocenters. The zero-order valence-electron chi connectivity index (χ0n) is 13.1. The minimum Gasteiger partial charge on any atom is -0.487 e. The molecule has 0 aliphatic carbocycles.